The zero-order chi connectivity index (χ0) is 18.3. The molecule has 0 radical (unpaired) electrons. The molecule has 5 heteroatoms. The monoisotopic (exact) mass is 360 g/mol. The third-order valence-corrected chi connectivity index (χ3v) is 6.86. The maximum atomic E-state index is 14.0. The molecule has 2 heterocycles. The summed E-state index contributed by atoms with van der Waals surface area (Å²) in [6, 6.07) is 5.40. The van der Waals surface area contributed by atoms with Crippen molar-refractivity contribution < 1.29 is 13.9 Å². The van der Waals surface area contributed by atoms with Gasteiger partial charge >= 0.3 is 0 Å². The Labute approximate surface area is 155 Å². The molecule has 1 aromatic carbocycles. The summed E-state index contributed by atoms with van der Waals surface area (Å²) in [6.45, 7) is 4.28. The summed E-state index contributed by atoms with van der Waals surface area (Å²) >= 11 is 0. The van der Waals surface area contributed by atoms with Gasteiger partial charge in [-0.2, -0.15) is 0 Å². The van der Waals surface area contributed by atoms with Crippen LogP contribution in [0.4, 0.5) is 10.1 Å². The van der Waals surface area contributed by atoms with Gasteiger partial charge in [0.1, 0.15) is 5.82 Å². The van der Waals surface area contributed by atoms with Crippen LogP contribution in [-0.2, 0) is 14.9 Å². The van der Waals surface area contributed by atoms with Crippen molar-refractivity contribution in [1.82, 2.24) is 4.90 Å². The minimum Gasteiger partial charge on any atom is -0.380 e. The number of carbonyl (C=O) groups excluding carboxylic acids is 1. The predicted molar refractivity (Wildman–Crippen MR) is 100.0 cm³/mol. The molecule has 1 aromatic rings. The van der Waals surface area contributed by atoms with Crippen molar-refractivity contribution in [1.29, 1.82) is 0 Å². The van der Waals surface area contributed by atoms with E-state index in [0.29, 0.717) is 18.7 Å². The van der Waals surface area contributed by atoms with Crippen LogP contribution in [0.5, 0.6) is 0 Å². The van der Waals surface area contributed by atoms with E-state index in [9.17, 15) is 9.18 Å². The Hall–Kier alpha value is -1.46. The van der Waals surface area contributed by atoms with Crippen LogP contribution in [0.3, 0.4) is 0 Å². The Morgan fingerprint density at radius 2 is 1.96 bits per heavy atom. The van der Waals surface area contributed by atoms with Gasteiger partial charge in [0.2, 0.25) is 5.91 Å². The highest BCUT2D eigenvalue weighted by Crippen LogP contribution is 2.48. The molecular formula is C21H29FN2O2. The Balaban J connectivity index is 1.55. The van der Waals surface area contributed by atoms with E-state index in [1.165, 1.54) is 25.3 Å². The fraction of sp³-hybridized carbons (Fsp3) is 0.667. The molecule has 1 spiro atoms. The lowest BCUT2D eigenvalue weighted by Gasteiger charge is -2.46. The van der Waals surface area contributed by atoms with Crippen molar-refractivity contribution in [3.63, 3.8) is 0 Å². The number of hydrogen-bond acceptors (Lipinski definition) is 3. The summed E-state index contributed by atoms with van der Waals surface area (Å²) in [5, 5.41) is 0. The van der Waals surface area contributed by atoms with Gasteiger partial charge in [0, 0.05) is 37.7 Å². The van der Waals surface area contributed by atoms with Crippen LogP contribution >= 0.6 is 0 Å². The molecule has 4 rings (SSSR count). The van der Waals surface area contributed by atoms with Gasteiger partial charge < -0.3 is 9.64 Å². The number of halogens is 1. The second-order valence-electron chi connectivity index (χ2n) is 8.21. The first-order valence-electron chi connectivity index (χ1n) is 9.89. The number of fused-ring (bicyclic) bond motifs is 2. The quantitative estimate of drug-likeness (QED) is 0.809. The molecule has 142 valence electrons. The highest BCUT2D eigenvalue weighted by Gasteiger charge is 2.47. The molecule has 1 aliphatic carbocycles. The molecule has 0 bridgehead atoms. The maximum absolute atomic E-state index is 14.0. The van der Waals surface area contributed by atoms with Gasteiger partial charge in [0.15, 0.2) is 0 Å². The van der Waals surface area contributed by atoms with Crippen LogP contribution in [0.1, 0.15) is 51.0 Å². The Morgan fingerprint density at radius 1 is 1.23 bits per heavy atom. The van der Waals surface area contributed by atoms with Gasteiger partial charge in [0.05, 0.1) is 6.10 Å². The first kappa shape index (κ1) is 17.9. The highest BCUT2D eigenvalue weighted by atomic mass is 19.1. The van der Waals surface area contributed by atoms with E-state index < -0.39 is 0 Å². The van der Waals surface area contributed by atoms with Crippen molar-refractivity contribution in [2.45, 2.75) is 63.0 Å². The van der Waals surface area contributed by atoms with Gasteiger partial charge in [0.25, 0.3) is 0 Å². The van der Waals surface area contributed by atoms with Gasteiger partial charge in [-0.1, -0.05) is 12.8 Å². The number of methoxy groups -OCH3 is 1. The second kappa shape index (κ2) is 6.93. The lowest BCUT2D eigenvalue weighted by molar-refractivity contribution is -0.116. The van der Waals surface area contributed by atoms with Crippen LogP contribution in [0.15, 0.2) is 18.2 Å². The van der Waals surface area contributed by atoms with E-state index in [0.717, 1.165) is 43.6 Å². The Bertz CT molecular complexity index is 685. The smallest absolute Gasteiger partial charge is 0.223 e. The minimum atomic E-state index is -0.206. The van der Waals surface area contributed by atoms with E-state index in [4.69, 9.17) is 4.74 Å². The summed E-state index contributed by atoms with van der Waals surface area (Å²) in [7, 11) is 1.83. The van der Waals surface area contributed by atoms with Crippen molar-refractivity contribution in [3.8, 4) is 0 Å². The standard InChI is InChI=1S/C21H29FN2O2/c1-15(25)24-14-21(17-13-16(22)7-8-18(17)24)9-11-23(12-10-21)19-5-3-4-6-20(19)26-2/h7-8,13,19-20H,3-6,9-12,14H2,1-2H3. The topological polar surface area (TPSA) is 32.8 Å². The fourth-order valence-electron chi connectivity index (χ4n) is 5.40. The highest BCUT2D eigenvalue weighted by molar-refractivity contribution is 5.94. The number of amides is 1. The second-order valence-corrected chi connectivity index (χ2v) is 8.21. The predicted octanol–water partition coefficient (Wildman–Crippen LogP) is 3.48. The summed E-state index contributed by atoms with van der Waals surface area (Å²) < 4.78 is 19.7. The molecule has 0 aromatic heterocycles. The third kappa shape index (κ3) is 2.95. The number of benzene rings is 1. The van der Waals surface area contributed by atoms with Crippen molar-refractivity contribution in [2.24, 2.45) is 0 Å². The minimum absolute atomic E-state index is 0.0453. The number of hydrogen-bond donors (Lipinski definition) is 0. The van der Waals surface area contributed by atoms with Crippen LogP contribution in [-0.4, -0.2) is 49.7 Å². The molecular weight excluding hydrogens is 331 g/mol. The zero-order valence-corrected chi connectivity index (χ0v) is 15.8. The number of likely N-dealkylation sites (tertiary alicyclic amines) is 1. The summed E-state index contributed by atoms with van der Waals surface area (Å²) in [5.74, 6) is -0.161. The van der Waals surface area contributed by atoms with Crippen LogP contribution in [0.25, 0.3) is 0 Å². The lowest BCUT2D eigenvalue weighted by Crippen LogP contribution is -2.53. The maximum Gasteiger partial charge on any atom is 0.223 e. The molecule has 1 amide bonds. The number of ether oxygens (including phenoxy) is 1. The number of rotatable bonds is 2. The molecule has 4 nitrogen and oxygen atoms in total. The molecule has 2 aliphatic heterocycles. The van der Waals surface area contributed by atoms with E-state index in [-0.39, 0.29) is 17.1 Å². The number of anilines is 1. The first-order valence-corrected chi connectivity index (χ1v) is 9.89. The molecule has 1 saturated heterocycles. The van der Waals surface area contributed by atoms with Crippen molar-refractivity contribution in [3.05, 3.63) is 29.6 Å². The van der Waals surface area contributed by atoms with Gasteiger partial charge in [-0.15, -0.1) is 0 Å². The van der Waals surface area contributed by atoms with Crippen LogP contribution < -0.4 is 4.90 Å². The van der Waals surface area contributed by atoms with Crippen molar-refractivity contribution >= 4 is 11.6 Å². The van der Waals surface area contributed by atoms with E-state index in [2.05, 4.69) is 4.90 Å². The normalized spacial score (nSPS) is 28.3. The molecule has 3 aliphatic rings. The molecule has 26 heavy (non-hydrogen) atoms. The van der Waals surface area contributed by atoms with Crippen molar-refractivity contribution in [2.75, 3.05) is 31.6 Å². The van der Waals surface area contributed by atoms with Crippen LogP contribution in [0.2, 0.25) is 0 Å². The van der Waals surface area contributed by atoms with Gasteiger partial charge in [-0.05, 0) is 62.5 Å². The average Bonchev–Trinajstić information content (AvgIpc) is 2.96. The molecule has 2 atom stereocenters. The number of piperidine rings is 1. The number of nitrogens with zero attached hydrogens (tertiary/aromatic N) is 2. The Morgan fingerprint density at radius 3 is 2.65 bits per heavy atom. The Kier molecular flexibility index (Phi) is 4.78. The zero-order valence-electron chi connectivity index (χ0n) is 15.8. The average molecular weight is 360 g/mol. The summed E-state index contributed by atoms with van der Waals surface area (Å²) in [5.41, 5.74) is 1.83. The molecule has 2 unspecified atom stereocenters. The summed E-state index contributed by atoms with van der Waals surface area (Å²) in [6.07, 6.45) is 7.16. The van der Waals surface area contributed by atoms with Gasteiger partial charge in [-0.3, -0.25) is 9.69 Å². The number of carbonyl (C=O) groups is 1. The molecule has 1 saturated carbocycles. The largest absolute Gasteiger partial charge is 0.380 e. The van der Waals surface area contributed by atoms with Crippen LogP contribution in [0, 0.1) is 5.82 Å². The molecule has 2 fully saturated rings. The van der Waals surface area contributed by atoms with E-state index in [1.54, 1.807) is 19.1 Å². The molecule has 0 N–H and O–H groups in total. The van der Waals surface area contributed by atoms with E-state index >= 15 is 0 Å². The van der Waals surface area contributed by atoms with Gasteiger partial charge in [-0.25, -0.2) is 4.39 Å². The lowest BCUT2D eigenvalue weighted by atomic mass is 9.73. The van der Waals surface area contributed by atoms with E-state index in [1.807, 2.05) is 12.0 Å². The third-order valence-electron chi connectivity index (χ3n) is 6.86. The first-order chi connectivity index (χ1) is 12.5. The summed E-state index contributed by atoms with van der Waals surface area (Å²) in [4.78, 5) is 16.5. The fourth-order valence-corrected chi connectivity index (χ4v) is 5.40. The SMILES string of the molecule is COC1CCCCC1N1CCC2(CC1)CN(C(C)=O)c1ccc(F)cc12.